The monoisotopic (exact) mass is 471 g/mol. The molecule has 0 radical (unpaired) electrons. The lowest BCUT2D eigenvalue weighted by Crippen LogP contribution is -2.28. The molecule has 0 aliphatic heterocycles. The van der Waals surface area contributed by atoms with Gasteiger partial charge in [0, 0.05) is 16.2 Å². The van der Waals surface area contributed by atoms with Crippen LogP contribution >= 0.6 is 46.4 Å². The summed E-state index contributed by atoms with van der Waals surface area (Å²) < 4.78 is 16.4. The maximum atomic E-state index is 12.3. The van der Waals surface area contributed by atoms with Crippen molar-refractivity contribution in [3.05, 3.63) is 74.8 Å². The Labute approximate surface area is 187 Å². The molecule has 0 spiro atoms. The van der Waals surface area contributed by atoms with Crippen LogP contribution in [0.4, 0.5) is 0 Å². The van der Waals surface area contributed by atoms with E-state index < -0.39 is 12.1 Å². The zero-order valence-corrected chi connectivity index (χ0v) is 17.9. The fourth-order valence-electron chi connectivity index (χ4n) is 2.21. The lowest BCUT2D eigenvalue weighted by Gasteiger charge is -2.14. The third-order valence-corrected chi connectivity index (χ3v) is 4.43. The van der Waals surface area contributed by atoms with Gasteiger partial charge >= 0.3 is 5.97 Å². The molecule has 1 unspecified atom stereocenters. The number of carbonyl (C=O) groups is 1. The van der Waals surface area contributed by atoms with Crippen molar-refractivity contribution in [1.82, 2.24) is 4.98 Å². The highest BCUT2D eigenvalue weighted by Gasteiger charge is 2.18. The fourth-order valence-corrected chi connectivity index (χ4v) is 3.14. The average Bonchev–Trinajstić information content (AvgIpc) is 2.64. The maximum Gasteiger partial charge on any atom is 0.352 e. The van der Waals surface area contributed by atoms with E-state index in [0.29, 0.717) is 32.3 Å². The summed E-state index contributed by atoms with van der Waals surface area (Å²) in [5.41, 5.74) is 0. The molecular weight excluding hydrogens is 460 g/mol. The largest absolute Gasteiger partial charge is 0.479 e. The minimum absolute atomic E-state index is 0.211. The van der Waals surface area contributed by atoms with Crippen LogP contribution in [0.3, 0.4) is 0 Å². The topological polar surface area (TPSA) is 57.7 Å². The van der Waals surface area contributed by atoms with Crippen LogP contribution in [0.1, 0.15) is 6.92 Å². The van der Waals surface area contributed by atoms with E-state index in [0.717, 1.165) is 0 Å². The van der Waals surface area contributed by atoms with Crippen LogP contribution in [0.2, 0.25) is 20.1 Å². The Morgan fingerprint density at radius 1 is 0.862 bits per heavy atom. The Morgan fingerprint density at radius 3 is 2.10 bits per heavy atom. The van der Waals surface area contributed by atoms with Gasteiger partial charge in [-0.1, -0.05) is 46.4 Å². The van der Waals surface area contributed by atoms with Crippen LogP contribution in [0.5, 0.6) is 23.1 Å². The summed E-state index contributed by atoms with van der Waals surface area (Å²) in [5.74, 6) is 0.764. The summed E-state index contributed by atoms with van der Waals surface area (Å²) in [5, 5.41) is 1.49. The Hall–Kier alpha value is -2.18. The van der Waals surface area contributed by atoms with E-state index in [9.17, 15) is 4.79 Å². The van der Waals surface area contributed by atoms with Crippen LogP contribution in [-0.4, -0.2) is 17.1 Å². The van der Waals surface area contributed by atoms with Crippen LogP contribution in [-0.2, 0) is 4.79 Å². The number of carbonyl (C=O) groups excluding carboxylic acids is 1. The molecule has 2 aromatic carbocycles. The van der Waals surface area contributed by atoms with Gasteiger partial charge in [-0.3, -0.25) is 0 Å². The van der Waals surface area contributed by atoms with E-state index in [2.05, 4.69) is 4.98 Å². The molecule has 0 fully saturated rings. The number of nitrogens with zero attached hydrogens (tertiary/aromatic N) is 1. The van der Waals surface area contributed by atoms with Crippen molar-refractivity contribution in [1.29, 1.82) is 0 Å². The van der Waals surface area contributed by atoms with E-state index in [-0.39, 0.29) is 10.9 Å². The van der Waals surface area contributed by atoms with Crippen molar-refractivity contribution in [3.63, 3.8) is 0 Å². The van der Waals surface area contributed by atoms with E-state index in [1.807, 2.05) is 0 Å². The Morgan fingerprint density at radius 2 is 1.48 bits per heavy atom. The number of aromatic nitrogens is 1. The van der Waals surface area contributed by atoms with Crippen LogP contribution < -0.4 is 14.2 Å². The number of hydrogen-bond donors (Lipinski definition) is 0. The van der Waals surface area contributed by atoms with Crippen molar-refractivity contribution in [2.75, 3.05) is 0 Å². The zero-order chi connectivity index (χ0) is 21.0. The van der Waals surface area contributed by atoms with Crippen LogP contribution in [0.15, 0.2) is 54.7 Å². The molecule has 1 atom stereocenters. The van der Waals surface area contributed by atoms with Crippen molar-refractivity contribution >= 4 is 52.4 Å². The molecular formula is C20H13Cl4NO4. The van der Waals surface area contributed by atoms with Crippen LogP contribution in [0.25, 0.3) is 0 Å². The molecule has 0 saturated heterocycles. The summed E-state index contributed by atoms with van der Waals surface area (Å²) in [6, 6.07) is 12.6. The highest BCUT2D eigenvalue weighted by molar-refractivity contribution is 6.35. The number of benzene rings is 2. The van der Waals surface area contributed by atoms with Crippen molar-refractivity contribution in [2.24, 2.45) is 0 Å². The van der Waals surface area contributed by atoms with E-state index in [1.165, 1.54) is 12.3 Å². The lowest BCUT2D eigenvalue weighted by atomic mass is 10.3. The highest BCUT2D eigenvalue weighted by atomic mass is 35.5. The van der Waals surface area contributed by atoms with Gasteiger partial charge in [-0.25, -0.2) is 9.78 Å². The molecule has 0 bridgehead atoms. The molecule has 3 aromatic rings. The van der Waals surface area contributed by atoms with E-state index >= 15 is 0 Å². The minimum atomic E-state index is -0.877. The number of pyridine rings is 1. The molecule has 0 amide bonds. The predicted octanol–water partition coefficient (Wildman–Crippen LogP) is 6.86. The highest BCUT2D eigenvalue weighted by Crippen LogP contribution is 2.30. The number of rotatable bonds is 6. The minimum Gasteiger partial charge on any atom is -0.479 e. The van der Waals surface area contributed by atoms with Gasteiger partial charge in [0.25, 0.3) is 0 Å². The van der Waals surface area contributed by atoms with Gasteiger partial charge in [-0.15, -0.1) is 0 Å². The van der Waals surface area contributed by atoms with Gasteiger partial charge in [0.15, 0.2) is 6.10 Å². The van der Waals surface area contributed by atoms with Gasteiger partial charge in [0.2, 0.25) is 5.88 Å². The van der Waals surface area contributed by atoms with E-state index in [4.69, 9.17) is 60.6 Å². The van der Waals surface area contributed by atoms with Gasteiger partial charge in [0.05, 0.1) is 5.02 Å². The van der Waals surface area contributed by atoms with Gasteiger partial charge in [-0.05, 0) is 55.5 Å². The van der Waals surface area contributed by atoms with Gasteiger partial charge in [0.1, 0.15) is 22.3 Å². The second kappa shape index (κ2) is 9.55. The third-order valence-electron chi connectivity index (χ3n) is 3.51. The summed E-state index contributed by atoms with van der Waals surface area (Å²) >= 11 is 23.7. The first-order valence-corrected chi connectivity index (χ1v) is 9.75. The first kappa shape index (κ1) is 21.5. The summed E-state index contributed by atoms with van der Waals surface area (Å²) in [6.45, 7) is 1.56. The maximum absolute atomic E-state index is 12.3. The molecule has 5 nitrogen and oxygen atoms in total. The molecule has 150 valence electrons. The summed E-state index contributed by atoms with van der Waals surface area (Å²) in [6.07, 6.45) is 0.547. The van der Waals surface area contributed by atoms with Gasteiger partial charge < -0.3 is 14.2 Å². The quantitative estimate of drug-likeness (QED) is 0.289. The molecule has 0 aliphatic rings. The van der Waals surface area contributed by atoms with Gasteiger partial charge in [-0.2, -0.15) is 0 Å². The molecule has 9 heteroatoms. The molecule has 1 aromatic heterocycles. The summed E-state index contributed by atoms with van der Waals surface area (Å²) in [7, 11) is 0. The molecule has 1 heterocycles. The lowest BCUT2D eigenvalue weighted by molar-refractivity contribution is -0.141. The Balaban J connectivity index is 1.60. The summed E-state index contributed by atoms with van der Waals surface area (Å²) in [4.78, 5) is 16.3. The van der Waals surface area contributed by atoms with Crippen molar-refractivity contribution in [2.45, 2.75) is 13.0 Å². The Bertz CT molecular complexity index is 1010. The second-order valence-corrected chi connectivity index (χ2v) is 7.52. The number of halogens is 4. The van der Waals surface area contributed by atoms with Crippen molar-refractivity contribution in [3.8, 4) is 23.1 Å². The Kier molecular flexibility index (Phi) is 7.09. The normalized spacial score (nSPS) is 11.6. The SMILES string of the molecule is CC(Oc1cc(Cl)cc(Cl)c1)C(=O)Oc1ccc(Oc2ncc(Cl)cc2Cl)cc1. The third kappa shape index (κ3) is 6.15. The molecule has 0 aliphatic carbocycles. The standard InChI is InChI=1S/C20H13Cl4NO4/c1-11(27-17-7-12(21)6-13(22)8-17)20(26)29-16-4-2-15(3-5-16)28-19-18(24)9-14(23)10-25-19/h2-11H,1H3. The molecule has 0 N–H and O–H groups in total. The first-order valence-electron chi connectivity index (χ1n) is 8.23. The average molecular weight is 473 g/mol. The second-order valence-electron chi connectivity index (χ2n) is 5.80. The number of hydrogen-bond acceptors (Lipinski definition) is 5. The zero-order valence-electron chi connectivity index (χ0n) is 14.9. The van der Waals surface area contributed by atoms with Crippen molar-refractivity contribution < 1.29 is 19.0 Å². The number of esters is 1. The van der Waals surface area contributed by atoms with E-state index in [1.54, 1.807) is 49.4 Å². The van der Waals surface area contributed by atoms with Crippen LogP contribution in [0, 0.1) is 0 Å². The molecule has 29 heavy (non-hydrogen) atoms. The fraction of sp³-hybridized carbons (Fsp3) is 0.100. The number of ether oxygens (including phenoxy) is 3. The first-order chi connectivity index (χ1) is 13.8. The predicted molar refractivity (Wildman–Crippen MR) is 113 cm³/mol. The molecule has 3 rings (SSSR count). The smallest absolute Gasteiger partial charge is 0.352 e. The molecule has 0 saturated carbocycles.